The number of rotatable bonds is 6. The highest BCUT2D eigenvalue weighted by Gasteiger charge is 2.31. The minimum absolute atomic E-state index is 0.228. The summed E-state index contributed by atoms with van der Waals surface area (Å²) in [6.45, 7) is 0. The van der Waals surface area contributed by atoms with Gasteiger partial charge >= 0.3 is 6.36 Å². The zero-order valence-electron chi connectivity index (χ0n) is 11.3. The molecule has 1 heterocycles. The summed E-state index contributed by atoms with van der Waals surface area (Å²) in [5.41, 5.74) is 6.69. The number of alkyl halides is 3. The normalized spacial score (nSPS) is 13.1. The van der Waals surface area contributed by atoms with Crippen LogP contribution in [0.15, 0.2) is 41.8 Å². The molecular weight excluding hydrogens is 299 g/mol. The number of nitrogens with two attached hydrogens (primary N) is 1. The third-order valence-electron chi connectivity index (χ3n) is 3.04. The number of ether oxygens (including phenoxy) is 1. The van der Waals surface area contributed by atoms with Crippen LogP contribution in [0.5, 0.6) is 5.75 Å². The number of hydrogen-bond donors (Lipinski definition) is 1. The second kappa shape index (κ2) is 6.95. The van der Waals surface area contributed by atoms with Gasteiger partial charge < -0.3 is 10.5 Å². The Morgan fingerprint density at radius 3 is 2.67 bits per heavy atom. The third-order valence-corrected chi connectivity index (χ3v) is 3.97. The summed E-state index contributed by atoms with van der Waals surface area (Å²) >= 11 is 1.69. The SMILES string of the molecule is NC(CCCc1cccs1)c1cccc(OC(F)(F)F)c1. The Morgan fingerprint density at radius 1 is 1.19 bits per heavy atom. The molecule has 6 heteroatoms. The van der Waals surface area contributed by atoms with Gasteiger partial charge in [0.2, 0.25) is 0 Å². The fraction of sp³-hybridized carbons (Fsp3) is 0.333. The van der Waals surface area contributed by atoms with E-state index in [0.29, 0.717) is 12.0 Å². The highest BCUT2D eigenvalue weighted by molar-refractivity contribution is 7.09. The molecule has 0 spiro atoms. The molecule has 0 aliphatic carbocycles. The van der Waals surface area contributed by atoms with Crippen LogP contribution in [0.4, 0.5) is 13.2 Å². The molecule has 21 heavy (non-hydrogen) atoms. The van der Waals surface area contributed by atoms with Crippen molar-refractivity contribution in [2.75, 3.05) is 0 Å². The molecule has 0 radical (unpaired) electrons. The lowest BCUT2D eigenvalue weighted by molar-refractivity contribution is -0.274. The highest BCUT2D eigenvalue weighted by atomic mass is 32.1. The first-order chi connectivity index (χ1) is 9.94. The number of benzene rings is 1. The Kier molecular flexibility index (Phi) is 5.25. The number of hydrogen-bond acceptors (Lipinski definition) is 3. The minimum atomic E-state index is -4.68. The molecule has 2 N–H and O–H groups in total. The maximum absolute atomic E-state index is 12.2. The van der Waals surface area contributed by atoms with Gasteiger partial charge in [-0.15, -0.1) is 24.5 Å². The van der Waals surface area contributed by atoms with Crippen molar-refractivity contribution in [3.8, 4) is 5.75 Å². The summed E-state index contributed by atoms with van der Waals surface area (Å²) < 4.78 is 40.4. The van der Waals surface area contributed by atoms with Gasteiger partial charge in [-0.2, -0.15) is 0 Å². The Morgan fingerprint density at radius 2 is 2.00 bits per heavy atom. The zero-order valence-corrected chi connectivity index (χ0v) is 12.1. The molecule has 114 valence electrons. The quantitative estimate of drug-likeness (QED) is 0.841. The van der Waals surface area contributed by atoms with E-state index in [2.05, 4.69) is 10.8 Å². The third kappa shape index (κ3) is 5.40. The zero-order chi connectivity index (χ0) is 15.3. The standard InChI is InChI=1S/C15H16F3NOS/c16-15(17,18)20-12-5-1-4-11(10-12)14(19)8-2-6-13-7-3-9-21-13/h1,3-5,7,9-10,14H,2,6,8,19H2. The number of aryl methyl sites for hydroxylation is 1. The molecule has 1 aromatic heterocycles. The fourth-order valence-electron chi connectivity index (χ4n) is 2.06. The topological polar surface area (TPSA) is 35.2 Å². The van der Waals surface area contributed by atoms with E-state index in [1.165, 1.54) is 23.1 Å². The van der Waals surface area contributed by atoms with Crippen molar-refractivity contribution in [2.24, 2.45) is 5.73 Å². The van der Waals surface area contributed by atoms with Crippen LogP contribution in [-0.2, 0) is 6.42 Å². The monoisotopic (exact) mass is 315 g/mol. The average Bonchev–Trinajstić information content (AvgIpc) is 2.90. The van der Waals surface area contributed by atoms with Crippen LogP contribution in [0, 0.1) is 0 Å². The lowest BCUT2D eigenvalue weighted by atomic mass is 10.0. The van der Waals surface area contributed by atoms with E-state index in [1.54, 1.807) is 17.4 Å². The molecule has 0 saturated heterocycles. The molecule has 0 bridgehead atoms. The predicted molar refractivity (Wildman–Crippen MR) is 77.3 cm³/mol. The largest absolute Gasteiger partial charge is 0.573 e. The van der Waals surface area contributed by atoms with E-state index in [-0.39, 0.29) is 11.8 Å². The highest BCUT2D eigenvalue weighted by Crippen LogP contribution is 2.26. The number of halogens is 3. The van der Waals surface area contributed by atoms with Gasteiger partial charge in [-0.1, -0.05) is 18.2 Å². The summed E-state index contributed by atoms with van der Waals surface area (Å²) in [6.07, 6.45) is -2.13. The van der Waals surface area contributed by atoms with Crippen LogP contribution in [0.2, 0.25) is 0 Å². The molecule has 1 atom stereocenters. The minimum Gasteiger partial charge on any atom is -0.406 e. The Labute approximate surface area is 125 Å². The molecule has 1 unspecified atom stereocenters. The van der Waals surface area contributed by atoms with E-state index in [1.807, 2.05) is 11.4 Å². The summed E-state index contributed by atoms with van der Waals surface area (Å²) in [6, 6.07) is 9.64. The van der Waals surface area contributed by atoms with Gasteiger partial charge in [-0.05, 0) is 48.4 Å². The van der Waals surface area contributed by atoms with Crippen LogP contribution in [-0.4, -0.2) is 6.36 Å². The lowest BCUT2D eigenvalue weighted by Gasteiger charge is -2.14. The molecule has 0 saturated carbocycles. The van der Waals surface area contributed by atoms with Crippen LogP contribution in [0.1, 0.15) is 29.3 Å². The van der Waals surface area contributed by atoms with E-state index >= 15 is 0 Å². The van der Waals surface area contributed by atoms with E-state index in [4.69, 9.17) is 5.73 Å². The van der Waals surface area contributed by atoms with Gasteiger partial charge in [0.25, 0.3) is 0 Å². The predicted octanol–water partition coefficient (Wildman–Crippen LogP) is 4.67. The molecule has 2 rings (SSSR count). The first-order valence-electron chi connectivity index (χ1n) is 6.58. The van der Waals surface area contributed by atoms with Crippen molar-refractivity contribution in [1.82, 2.24) is 0 Å². The van der Waals surface area contributed by atoms with Gasteiger partial charge in [0.15, 0.2) is 0 Å². The smallest absolute Gasteiger partial charge is 0.406 e. The average molecular weight is 315 g/mol. The Hall–Kier alpha value is -1.53. The number of thiophene rings is 1. The Balaban J connectivity index is 1.89. The van der Waals surface area contributed by atoms with Gasteiger partial charge in [0.05, 0.1) is 0 Å². The van der Waals surface area contributed by atoms with Gasteiger partial charge in [0.1, 0.15) is 5.75 Å². The van der Waals surface area contributed by atoms with E-state index in [0.717, 1.165) is 12.8 Å². The van der Waals surface area contributed by atoms with E-state index < -0.39 is 6.36 Å². The molecule has 1 aromatic carbocycles. The van der Waals surface area contributed by atoms with Crippen molar-refractivity contribution in [3.05, 3.63) is 52.2 Å². The van der Waals surface area contributed by atoms with Crippen molar-refractivity contribution in [3.63, 3.8) is 0 Å². The van der Waals surface area contributed by atoms with Gasteiger partial charge in [-0.25, -0.2) is 0 Å². The van der Waals surface area contributed by atoms with Crippen molar-refractivity contribution < 1.29 is 17.9 Å². The van der Waals surface area contributed by atoms with Crippen molar-refractivity contribution in [2.45, 2.75) is 31.7 Å². The molecule has 2 nitrogen and oxygen atoms in total. The summed E-state index contributed by atoms with van der Waals surface area (Å²) in [5.74, 6) is -0.228. The maximum Gasteiger partial charge on any atom is 0.573 e. The fourth-order valence-corrected chi connectivity index (χ4v) is 2.81. The summed E-state index contributed by atoms with van der Waals surface area (Å²) in [7, 11) is 0. The summed E-state index contributed by atoms with van der Waals surface area (Å²) in [4.78, 5) is 1.29. The van der Waals surface area contributed by atoms with E-state index in [9.17, 15) is 13.2 Å². The molecular formula is C15H16F3NOS. The van der Waals surface area contributed by atoms with Gasteiger partial charge in [-0.3, -0.25) is 0 Å². The van der Waals surface area contributed by atoms with Crippen LogP contribution in [0.3, 0.4) is 0 Å². The van der Waals surface area contributed by atoms with Crippen LogP contribution in [0.25, 0.3) is 0 Å². The molecule has 0 amide bonds. The first-order valence-corrected chi connectivity index (χ1v) is 7.46. The second-order valence-corrected chi connectivity index (χ2v) is 5.73. The second-order valence-electron chi connectivity index (χ2n) is 4.70. The maximum atomic E-state index is 12.2. The van der Waals surface area contributed by atoms with Crippen molar-refractivity contribution >= 4 is 11.3 Å². The van der Waals surface area contributed by atoms with Gasteiger partial charge in [0, 0.05) is 10.9 Å². The molecule has 0 aliphatic rings. The molecule has 0 aliphatic heterocycles. The lowest BCUT2D eigenvalue weighted by Crippen LogP contribution is -2.17. The van der Waals surface area contributed by atoms with Crippen molar-refractivity contribution in [1.29, 1.82) is 0 Å². The molecule has 2 aromatic rings. The Bertz CT molecular complexity index is 554. The van der Waals surface area contributed by atoms with Crippen LogP contribution < -0.4 is 10.5 Å². The summed E-state index contributed by atoms with van der Waals surface area (Å²) in [5, 5.41) is 2.02. The first kappa shape index (κ1) is 15.9. The van der Waals surface area contributed by atoms with Crippen LogP contribution >= 0.6 is 11.3 Å². The molecule has 0 fully saturated rings.